The fourth-order valence-corrected chi connectivity index (χ4v) is 4.43. The molecular formula is C23H30N4O3. The molecule has 1 fully saturated rings. The van der Waals surface area contributed by atoms with Crippen LogP contribution in [-0.4, -0.2) is 59.0 Å². The number of likely N-dealkylation sites (tertiary alicyclic amines) is 1. The third kappa shape index (κ3) is 4.79. The number of fused-ring (bicyclic) bond motifs is 1. The SMILES string of the molecule is COCCC(=O)N1CCC(c2nc3c(c(=O)[nH]2)CCN(Cc2ccccc2)C3)CC1. The Morgan fingerprint density at radius 1 is 1.20 bits per heavy atom. The van der Waals surface area contributed by atoms with Gasteiger partial charge in [0.1, 0.15) is 5.82 Å². The van der Waals surface area contributed by atoms with Crippen LogP contribution in [0.25, 0.3) is 0 Å². The van der Waals surface area contributed by atoms with E-state index in [-0.39, 0.29) is 17.4 Å². The number of amides is 1. The van der Waals surface area contributed by atoms with Gasteiger partial charge in [-0.25, -0.2) is 4.98 Å². The maximum Gasteiger partial charge on any atom is 0.254 e. The van der Waals surface area contributed by atoms with Crippen molar-refractivity contribution in [2.75, 3.05) is 33.4 Å². The van der Waals surface area contributed by atoms with E-state index in [1.807, 2.05) is 11.0 Å². The standard InChI is InChI=1S/C23H30N4O3/c1-30-14-10-21(28)27-12-7-18(8-13-27)22-24-20-16-26(11-9-19(20)23(29)25-22)15-17-5-3-2-4-6-17/h2-6,18H,7-16H2,1H3,(H,24,25,29). The Kier molecular flexibility index (Phi) is 6.59. The number of piperidine rings is 1. The second kappa shape index (κ2) is 9.53. The van der Waals surface area contributed by atoms with Gasteiger partial charge < -0.3 is 14.6 Å². The average Bonchev–Trinajstić information content (AvgIpc) is 2.78. The van der Waals surface area contributed by atoms with Crippen molar-refractivity contribution in [1.29, 1.82) is 0 Å². The Bertz CT molecular complexity index is 920. The molecular weight excluding hydrogens is 380 g/mol. The number of rotatable bonds is 6. The monoisotopic (exact) mass is 410 g/mol. The van der Waals surface area contributed by atoms with E-state index in [0.29, 0.717) is 32.7 Å². The molecule has 1 aromatic carbocycles. The highest BCUT2D eigenvalue weighted by Crippen LogP contribution is 2.27. The van der Waals surface area contributed by atoms with Gasteiger partial charge in [-0.15, -0.1) is 0 Å². The van der Waals surface area contributed by atoms with Crippen LogP contribution in [0.1, 0.15) is 47.8 Å². The molecule has 160 valence electrons. The molecule has 3 heterocycles. The van der Waals surface area contributed by atoms with Crippen LogP contribution in [0.3, 0.4) is 0 Å². The Hall–Kier alpha value is -2.51. The van der Waals surface area contributed by atoms with Gasteiger partial charge in [0.15, 0.2) is 0 Å². The molecule has 0 spiro atoms. The number of carbonyl (C=O) groups excluding carboxylic acids is 1. The number of aromatic nitrogens is 2. The van der Waals surface area contributed by atoms with E-state index in [9.17, 15) is 9.59 Å². The molecule has 7 nitrogen and oxygen atoms in total. The summed E-state index contributed by atoms with van der Waals surface area (Å²) < 4.78 is 5.00. The Morgan fingerprint density at radius 3 is 2.70 bits per heavy atom. The number of methoxy groups -OCH3 is 1. The quantitative estimate of drug-likeness (QED) is 0.789. The van der Waals surface area contributed by atoms with Gasteiger partial charge in [-0.05, 0) is 24.8 Å². The summed E-state index contributed by atoms with van der Waals surface area (Å²) in [6.07, 6.45) is 2.81. The summed E-state index contributed by atoms with van der Waals surface area (Å²) in [5, 5.41) is 0. The molecule has 2 aliphatic rings. The van der Waals surface area contributed by atoms with E-state index in [4.69, 9.17) is 9.72 Å². The lowest BCUT2D eigenvalue weighted by Crippen LogP contribution is -2.39. The third-order valence-corrected chi connectivity index (χ3v) is 6.17. The highest BCUT2D eigenvalue weighted by Gasteiger charge is 2.27. The van der Waals surface area contributed by atoms with Gasteiger partial charge in [0.2, 0.25) is 5.91 Å². The number of hydrogen-bond acceptors (Lipinski definition) is 5. The summed E-state index contributed by atoms with van der Waals surface area (Å²) in [7, 11) is 1.61. The molecule has 2 aromatic rings. The number of nitrogens with zero attached hydrogens (tertiary/aromatic N) is 3. The van der Waals surface area contributed by atoms with Crippen LogP contribution < -0.4 is 5.56 Å². The van der Waals surface area contributed by atoms with Crippen molar-refractivity contribution < 1.29 is 9.53 Å². The van der Waals surface area contributed by atoms with Gasteiger partial charge in [-0.1, -0.05) is 30.3 Å². The van der Waals surface area contributed by atoms with Crippen molar-refractivity contribution in [3.8, 4) is 0 Å². The van der Waals surface area contributed by atoms with Crippen LogP contribution in [0.2, 0.25) is 0 Å². The van der Waals surface area contributed by atoms with Crippen LogP contribution in [0, 0.1) is 0 Å². The molecule has 2 aliphatic heterocycles. The van der Waals surface area contributed by atoms with Crippen molar-refractivity contribution in [3.63, 3.8) is 0 Å². The van der Waals surface area contributed by atoms with Crippen molar-refractivity contribution in [3.05, 3.63) is 63.3 Å². The van der Waals surface area contributed by atoms with Gasteiger partial charge in [-0.2, -0.15) is 0 Å². The zero-order valence-electron chi connectivity index (χ0n) is 17.6. The molecule has 0 aliphatic carbocycles. The van der Waals surface area contributed by atoms with Gasteiger partial charge in [0, 0.05) is 51.3 Å². The number of carbonyl (C=O) groups is 1. The lowest BCUT2D eigenvalue weighted by Gasteiger charge is -2.32. The van der Waals surface area contributed by atoms with Crippen molar-refractivity contribution in [2.24, 2.45) is 0 Å². The van der Waals surface area contributed by atoms with Crippen molar-refractivity contribution in [1.82, 2.24) is 19.8 Å². The number of aromatic amines is 1. The number of nitrogens with one attached hydrogen (secondary N) is 1. The minimum absolute atomic E-state index is 0.00737. The number of H-pyrrole nitrogens is 1. The highest BCUT2D eigenvalue weighted by molar-refractivity contribution is 5.76. The van der Waals surface area contributed by atoms with Crippen LogP contribution in [0.5, 0.6) is 0 Å². The molecule has 1 saturated heterocycles. The van der Waals surface area contributed by atoms with Gasteiger partial charge in [-0.3, -0.25) is 14.5 Å². The highest BCUT2D eigenvalue weighted by atomic mass is 16.5. The Balaban J connectivity index is 1.42. The molecule has 4 rings (SSSR count). The first-order valence-corrected chi connectivity index (χ1v) is 10.8. The summed E-state index contributed by atoms with van der Waals surface area (Å²) in [6.45, 7) is 4.30. The lowest BCUT2D eigenvalue weighted by molar-refractivity contribution is -0.133. The summed E-state index contributed by atoms with van der Waals surface area (Å²) >= 11 is 0. The molecule has 0 bridgehead atoms. The van der Waals surface area contributed by atoms with Gasteiger partial charge in [0.25, 0.3) is 5.56 Å². The first-order valence-electron chi connectivity index (χ1n) is 10.8. The molecule has 30 heavy (non-hydrogen) atoms. The van der Waals surface area contributed by atoms with Gasteiger partial charge >= 0.3 is 0 Å². The normalized spacial score (nSPS) is 17.7. The predicted molar refractivity (Wildman–Crippen MR) is 114 cm³/mol. The molecule has 0 unspecified atom stereocenters. The first-order chi connectivity index (χ1) is 14.6. The smallest absolute Gasteiger partial charge is 0.254 e. The number of hydrogen-bond donors (Lipinski definition) is 1. The molecule has 0 radical (unpaired) electrons. The summed E-state index contributed by atoms with van der Waals surface area (Å²) in [6, 6.07) is 10.4. The summed E-state index contributed by atoms with van der Waals surface area (Å²) in [5.74, 6) is 1.11. The molecule has 1 aromatic heterocycles. The van der Waals surface area contributed by atoms with Crippen LogP contribution in [0.15, 0.2) is 35.1 Å². The van der Waals surface area contributed by atoms with Gasteiger partial charge in [0.05, 0.1) is 18.7 Å². The van der Waals surface area contributed by atoms with E-state index in [1.165, 1.54) is 5.56 Å². The minimum atomic E-state index is 0.00737. The minimum Gasteiger partial charge on any atom is -0.384 e. The largest absolute Gasteiger partial charge is 0.384 e. The number of benzene rings is 1. The maximum atomic E-state index is 12.7. The topological polar surface area (TPSA) is 78.5 Å². The second-order valence-electron chi connectivity index (χ2n) is 8.22. The molecule has 0 atom stereocenters. The van der Waals surface area contributed by atoms with Crippen LogP contribution in [0.4, 0.5) is 0 Å². The lowest BCUT2D eigenvalue weighted by atomic mass is 9.95. The van der Waals surface area contributed by atoms with Crippen LogP contribution in [-0.2, 0) is 29.0 Å². The molecule has 7 heteroatoms. The summed E-state index contributed by atoms with van der Waals surface area (Å²) in [5.41, 5.74) is 3.02. The fraction of sp³-hybridized carbons (Fsp3) is 0.522. The predicted octanol–water partition coefficient (Wildman–Crippen LogP) is 2.07. The zero-order valence-corrected chi connectivity index (χ0v) is 17.6. The molecule has 1 N–H and O–H groups in total. The van der Waals surface area contributed by atoms with E-state index in [2.05, 4.69) is 34.1 Å². The third-order valence-electron chi connectivity index (χ3n) is 6.17. The Labute approximate surface area is 177 Å². The fourth-order valence-electron chi connectivity index (χ4n) is 4.43. The van der Waals surface area contributed by atoms with Crippen LogP contribution >= 0.6 is 0 Å². The molecule has 0 saturated carbocycles. The average molecular weight is 411 g/mol. The summed E-state index contributed by atoms with van der Waals surface area (Å²) in [4.78, 5) is 37.1. The van der Waals surface area contributed by atoms with E-state index >= 15 is 0 Å². The first kappa shape index (κ1) is 20.8. The maximum absolute atomic E-state index is 12.7. The van der Waals surface area contributed by atoms with E-state index in [0.717, 1.165) is 49.4 Å². The number of ether oxygens (including phenoxy) is 1. The zero-order chi connectivity index (χ0) is 20.9. The van der Waals surface area contributed by atoms with E-state index in [1.54, 1.807) is 7.11 Å². The van der Waals surface area contributed by atoms with Crippen molar-refractivity contribution in [2.45, 2.75) is 44.7 Å². The Morgan fingerprint density at radius 2 is 1.97 bits per heavy atom. The van der Waals surface area contributed by atoms with E-state index < -0.39 is 0 Å². The van der Waals surface area contributed by atoms with Crippen molar-refractivity contribution >= 4 is 5.91 Å². The second-order valence-corrected chi connectivity index (χ2v) is 8.22. The molecule has 1 amide bonds.